The molecule has 0 heterocycles. The minimum absolute atomic E-state index is 0.350. The fraction of sp³-hybridized carbons (Fsp3) is 0.0370. The van der Waals surface area contributed by atoms with E-state index in [1.165, 1.54) is 0 Å². The van der Waals surface area contributed by atoms with Crippen molar-refractivity contribution in [3.63, 3.8) is 0 Å². The standard InChI is InChI=1S/C27H22ClO3P/c28-21-16-18-22(19-17-21)31-27(30)26(20-29)32(23-10-4-1-5-11-23,24-12-6-2-7-13-24)25-14-8-3-9-15-25/h1-20,26,32H. The van der Waals surface area contributed by atoms with Crippen molar-refractivity contribution in [3.05, 3.63) is 120 Å². The van der Waals surface area contributed by atoms with E-state index in [0.717, 1.165) is 22.2 Å². The van der Waals surface area contributed by atoms with Crippen molar-refractivity contribution in [2.45, 2.75) is 5.66 Å². The van der Waals surface area contributed by atoms with Gasteiger partial charge in [-0.2, -0.15) is 0 Å². The number of hydrogen-bond acceptors (Lipinski definition) is 3. The molecule has 0 bridgehead atoms. The normalized spacial score (nSPS) is 12.5. The van der Waals surface area contributed by atoms with Gasteiger partial charge in [-0.1, -0.05) is 0 Å². The molecule has 0 amide bonds. The number of esters is 1. The third-order valence-corrected chi connectivity index (χ3v) is 10.9. The Bertz CT molecular complexity index is 1080. The summed E-state index contributed by atoms with van der Waals surface area (Å²) in [7, 11) is -3.15. The first-order valence-corrected chi connectivity index (χ1v) is 12.7. The Morgan fingerprint density at radius 1 is 0.688 bits per heavy atom. The van der Waals surface area contributed by atoms with Crippen LogP contribution >= 0.6 is 18.9 Å². The number of benzene rings is 4. The zero-order chi connectivity index (χ0) is 22.4. The zero-order valence-corrected chi connectivity index (χ0v) is 19.0. The van der Waals surface area contributed by atoms with Crippen molar-refractivity contribution in [1.29, 1.82) is 0 Å². The summed E-state index contributed by atoms with van der Waals surface area (Å²) in [6.07, 6.45) is 0.747. The summed E-state index contributed by atoms with van der Waals surface area (Å²) in [6, 6.07) is 36.0. The molecule has 0 fully saturated rings. The van der Waals surface area contributed by atoms with E-state index in [0.29, 0.717) is 10.8 Å². The average Bonchev–Trinajstić information content (AvgIpc) is 2.85. The molecular formula is C27H22ClO3P. The van der Waals surface area contributed by atoms with Gasteiger partial charge in [0.2, 0.25) is 0 Å². The van der Waals surface area contributed by atoms with Gasteiger partial charge in [-0.25, -0.2) is 0 Å². The van der Waals surface area contributed by atoms with E-state index in [2.05, 4.69) is 0 Å². The number of carbonyl (C=O) groups excluding carboxylic acids is 2. The van der Waals surface area contributed by atoms with Gasteiger partial charge in [0.25, 0.3) is 0 Å². The zero-order valence-electron chi connectivity index (χ0n) is 17.2. The number of rotatable bonds is 7. The van der Waals surface area contributed by atoms with Gasteiger partial charge in [0.15, 0.2) is 0 Å². The predicted molar refractivity (Wildman–Crippen MR) is 133 cm³/mol. The van der Waals surface area contributed by atoms with Gasteiger partial charge in [-0.3, -0.25) is 0 Å². The fourth-order valence-corrected chi connectivity index (χ4v) is 9.13. The summed E-state index contributed by atoms with van der Waals surface area (Å²) in [5.74, 6) is -0.228. The maximum atomic E-state index is 13.5. The number of carbonyl (C=O) groups is 2. The van der Waals surface area contributed by atoms with Gasteiger partial charge < -0.3 is 0 Å². The molecule has 0 radical (unpaired) electrons. The first-order valence-electron chi connectivity index (χ1n) is 10.3. The van der Waals surface area contributed by atoms with Gasteiger partial charge in [0.1, 0.15) is 0 Å². The average molecular weight is 461 g/mol. The van der Waals surface area contributed by atoms with Crippen molar-refractivity contribution in [2.75, 3.05) is 0 Å². The van der Waals surface area contributed by atoms with E-state index in [1.54, 1.807) is 24.3 Å². The first-order chi connectivity index (χ1) is 15.7. The molecule has 0 aliphatic rings. The molecule has 0 aliphatic heterocycles. The quantitative estimate of drug-likeness (QED) is 0.134. The fourth-order valence-electron chi connectivity index (χ4n) is 4.16. The molecule has 4 aromatic carbocycles. The molecule has 1 unspecified atom stereocenters. The Balaban J connectivity index is 1.94. The molecule has 0 N–H and O–H groups in total. The monoisotopic (exact) mass is 460 g/mol. The summed E-state index contributed by atoms with van der Waals surface area (Å²) in [5, 5.41) is 3.42. The molecule has 0 saturated carbocycles. The van der Waals surface area contributed by atoms with Crippen LogP contribution in [0.25, 0.3) is 0 Å². The van der Waals surface area contributed by atoms with Crippen LogP contribution < -0.4 is 20.7 Å². The maximum absolute atomic E-state index is 13.5. The molecule has 32 heavy (non-hydrogen) atoms. The molecule has 0 aromatic heterocycles. The van der Waals surface area contributed by atoms with Crippen molar-refractivity contribution < 1.29 is 14.3 Å². The topological polar surface area (TPSA) is 43.4 Å². The molecule has 4 aromatic rings. The van der Waals surface area contributed by atoms with Gasteiger partial charge in [0, 0.05) is 0 Å². The molecule has 3 nitrogen and oxygen atoms in total. The van der Waals surface area contributed by atoms with Crippen LogP contribution in [-0.2, 0) is 9.59 Å². The summed E-state index contributed by atoms with van der Waals surface area (Å²) in [5.41, 5.74) is -0.995. The number of ether oxygens (including phenoxy) is 1. The second kappa shape index (κ2) is 9.91. The molecule has 1 atom stereocenters. The van der Waals surface area contributed by atoms with Gasteiger partial charge in [-0.05, 0) is 0 Å². The van der Waals surface area contributed by atoms with Crippen LogP contribution in [0.2, 0.25) is 5.02 Å². The molecule has 0 saturated heterocycles. The van der Waals surface area contributed by atoms with E-state index in [4.69, 9.17) is 16.3 Å². The summed E-state index contributed by atoms with van der Waals surface area (Å²) < 4.78 is 5.70. The first kappa shape index (κ1) is 22.0. The van der Waals surface area contributed by atoms with Crippen molar-refractivity contribution in [1.82, 2.24) is 0 Å². The minimum atomic E-state index is -3.15. The van der Waals surface area contributed by atoms with Gasteiger partial charge in [0.05, 0.1) is 0 Å². The number of aldehydes is 1. The van der Waals surface area contributed by atoms with Gasteiger partial charge in [-0.15, -0.1) is 0 Å². The van der Waals surface area contributed by atoms with E-state index in [1.807, 2.05) is 91.0 Å². The SMILES string of the molecule is O=CC(C(=O)Oc1ccc(Cl)cc1)[PH](c1ccccc1)(c1ccccc1)c1ccccc1. The van der Waals surface area contributed by atoms with E-state index in [-0.39, 0.29) is 0 Å². The van der Waals surface area contributed by atoms with Crippen LogP contribution in [0.15, 0.2) is 115 Å². The molecule has 0 spiro atoms. The van der Waals surface area contributed by atoms with E-state index >= 15 is 0 Å². The predicted octanol–water partition coefficient (Wildman–Crippen LogP) is 4.54. The Morgan fingerprint density at radius 3 is 1.47 bits per heavy atom. The second-order valence-corrected chi connectivity index (χ2v) is 11.8. The van der Waals surface area contributed by atoms with Crippen LogP contribution in [0, 0.1) is 0 Å². The van der Waals surface area contributed by atoms with Crippen LogP contribution in [0.1, 0.15) is 0 Å². The Labute approximate surface area is 193 Å². The van der Waals surface area contributed by atoms with Crippen LogP contribution in [0.3, 0.4) is 0 Å². The number of hydrogen-bond donors (Lipinski definition) is 0. The Hall–Kier alpha value is -3.26. The third kappa shape index (κ3) is 4.23. The van der Waals surface area contributed by atoms with Crippen molar-refractivity contribution in [2.24, 2.45) is 0 Å². The van der Waals surface area contributed by atoms with Crippen molar-refractivity contribution in [3.8, 4) is 5.75 Å². The van der Waals surface area contributed by atoms with Gasteiger partial charge >= 0.3 is 193 Å². The summed E-state index contributed by atoms with van der Waals surface area (Å²) >= 11 is 5.96. The molecule has 4 rings (SSSR count). The molecule has 5 heteroatoms. The van der Waals surface area contributed by atoms with Crippen LogP contribution in [-0.4, -0.2) is 17.9 Å². The van der Waals surface area contributed by atoms with Crippen LogP contribution in [0.5, 0.6) is 5.75 Å². The Morgan fingerprint density at radius 2 is 1.09 bits per heavy atom. The summed E-state index contributed by atoms with van der Waals surface area (Å²) in [4.78, 5) is 26.2. The molecular weight excluding hydrogens is 439 g/mol. The molecule has 160 valence electrons. The number of halogens is 1. The van der Waals surface area contributed by atoms with E-state index < -0.39 is 18.9 Å². The molecule has 0 aliphatic carbocycles. The second-order valence-electron chi connectivity index (χ2n) is 7.39. The third-order valence-electron chi connectivity index (χ3n) is 5.58. The van der Waals surface area contributed by atoms with Crippen molar-refractivity contribution >= 4 is 47.0 Å². The Kier molecular flexibility index (Phi) is 6.80. The van der Waals surface area contributed by atoms with Crippen LogP contribution in [0.4, 0.5) is 0 Å². The van der Waals surface area contributed by atoms with E-state index in [9.17, 15) is 9.59 Å². The summed E-state index contributed by atoms with van der Waals surface area (Å²) in [6.45, 7) is 0.